The SMILES string of the molecule is CCC[Si](CCC)(CCC)N1C(=O)N(Cc2ccccc2)C(CC)(c2ccccc2)C1=O. The molecule has 1 atom stereocenters. The first-order valence-electron chi connectivity index (χ1n) is 12.3. The van der Waals surface area contributed by atoms with Gasteiger partial charge in [0.05, 0.1) is 0 Å². The molecule has 32 heavy (non-hydrogen) atoms. The minimum atomic E-state index is -2.29. The number of hydrogen-bond donors (Lipinski definition) is 0. The number of urea groups is 1. The van der Waals surface area contributed by atoms with Crippen LogP contribution in [0.25, 0.3) is 0 Å². The second-order valence-electron chi connectivity index (χ2n) is 9.05. The fourth-order valence-electron chi connectivity index (χ4n) is 5.70. The van der Waals surface area contributed by atoms with Gasteiger partial charge in [-0.25, -0.2) is 4.79 Å². The Labute approximate surface area is 194 Å². The molecule has 1 unspecified atom stereocenters. The van der Waals surface area contributed by atoms with E-state index >= 15 is 0 Å². The van der Waals surface area contributed by atoms with Gasteiger partial charge in [0.25, 0.3) is 5.91 Å². The lowest BCUT2D eigenvalue weighted by Crippen LogP contribution is -2.57. The van der Waals surface area contributed by atoms with Crippen LogP contribution in [0.1, 0.15) is 64.5 Å². The maximum atomic E-state index is 14.4. The van der Waals surface area contributed by atoms with Crippen molar-refractivity contribution in [2.75, 3.05) is 0 Å². The summed E-state index contributed by atoms with van der Waals surface area (Å²) in [6.07, 6.45) is 3.59. The van der Waals surface area contributed by atoms with Crippen LogP contribution < -0.4 is 0 Å². The highest BCUT2D eigenvalue weighted by molar-refractivity contribution is 6.81. The first-order chi connectivity index (χ1) is 15.5. The minimum absolute atomic E-state index is 0.00847. The number of nitrogens with zero attached hydrogens (tertiary/aromatic N) is 2. The lowest BCUT2D eigenvalue weighted by atomic mass is 9.85. The summed E-state index contributed by atoms with van der Waals surface area (Å²) in [5.41, 5.74) is 1.03. The molecule has 3 amide bonds. The standard InChI is InChI=1S/C27H38N2O2Si/c1-5-19-32(20-6-2,21-7-3)29-25(30)27(8-4,24-17-13-10-14-18-24)28(26(29)31)22-23-15-11-9-12-16-23/h9-18H,5-8,19-22H2,1-4H3. The van der Waals surface area contributed by atoms with Gasteiger partial charge in [0, 0.05) is 6.54 Å². The zero-order valence-corrected chi connectivity index (χ0v) is 21.1. The Bertz CT molecular complexity index is 885. The predicted octanol–water partition coefficient (Wildman–Crippen LogP) is 6.93. The normalized spacial score (nSPS) is 19.1. The predicted molar refractivity (Wildman–Crippen MR) is 134 cm³/mol. The first-order valence-corrected chi connectivity index (χ1v) is 14.8. The number of carbonyl (C=O) groups excluding carboxylic acids is 2. The summed E-state index contributed by atoms with van der Waals surface area (Å²) in [6, 6.07) is 22.9. The highest BCUT2D eigenvalue weighted by atomic mass is 28.3. The van der Waals surface area contributed by atoms with Crippen LogP contribution in [0, 0.1) is 0 Å². The molecule has 4 nitrogen and oxygen atoms in total. The van der Waals surface area contributed by atoms with Gasteiger partial charge < -0.3 is 4.90 Å². The third kappa shape index (κ3) is 4.15. The molecule has 2 aromatic rings. The van der Waals surface area contributed by atoms with E-state index in [9.17, 15) is 9.59 Å². The monoisotopic (exact) mass is 450 g/mol. The molecule has 1 aliphatic rings. The van der Waals surface area contributed by atoms with Gasteiger partial charge in [0.15, 0.2) is 8.24 Å². The second-order valence-corrected chi connectivity index (χ2v) is 13.4. The van der Waals surface area contributed by atoms with Gasteiger partial charge in [-0.1, -0.05) is 108 Å². The molecular formula is C27H38N2O2Si. The van der Waals surface area contributed by atoms with E-state index in [1.54, 1.807) is 0 Å². The van der Waals surface area contributed by atoms with Gasteiger partial charge in [-0.15, -0.1) is 0 Å². The first kappa shape index (κ1) is 24.2. The Kier molecular flexibility index (Phi) is 7.94. The average molecular weight is 451 g/mol. The molecule has 0 N–H and O–H groups in total. The maximum Gasteiger partial charge on any atom is 0.320 e. The summed E-state index contributed by atoms with van der Waals surface area (Å²) in [7, 11) is -2.29. The topological polar surface area (TPSA) is 40.6 Å². The zero-order chi connectivity index (χ0) is 23.2. The minimum Gasteiger partial charge on any atom is -0.302 e. The quantitative estimate of drug-likeness (QED) is 0.275. The Morgan fingerprint density at radius 1 is 0.750 bits per heavy atom. The van der Waals surface area contributed by atoms with Crippen LogP contribution >= 0.6 is 0 Å². The van der Waals surface area contributed by atoms with E-state index in [4.69, 9.17) is 0 Å². The van der Waals surface area contributed by atoms with E-state index in [0.29, 0.717) is 13.0 Å². The molecule has 5 heteroatoms. The average Bonchev–Trinajstić information content (AvgIpc) is 3.02. The highest BCUT2D eigenvalue weighted by Gasteiger charge is 2.61. The van der Waals surface area contributed by atoms with Crippen LogP contribution in [0.4, 0.5) is 4.79 Å². The van der Waals surface area contributed by atoms with E-state index in [2.05, 4.69) is 20.8 Å². The fraction of sp³-hybridized carbons (Fsp3) is 0.481. The molecule has 0 spiro atoms. The molecule has 0 radical (unpaired) electrons. The Hall–Kier alpha value is -2.40. The molecule has 1 heterocycles. The number of amides is 3. The smallest absolute Gasteiger partial charge is 0.302 e. The summed E-state index contributed by atoms with van der Waals surface area (Å²) in [4.78, 5) is 30.5. The van der Waals surface area contributed by atoms with Gasteiger partial charge in [-0.05, 0) is 35.7 Å². The summed E-state index contributed by atoms with van der Waals surface area (Å²) >= 11 is 0. The molecule has 1 aliphatic heterocycles. The summed E-state index contributed by atoms with van der Waals surface area (Å²) in [5.74, 6) is 0.00847. The van der Waals surface area contributed by atoms with Crippen LogP contribution in [-0.2, 0) is 16.9 Å². The van der Waals surface area contributed by atoms with Crippen LogP contribution in [-0.4, -0.2) is 29.6 Å². The molecule has 0 aliphatic carbocycles. The second kappa shape index (κ2) is 10.5. The molecule has 1 saturated heterocycles. The Morgan fingerprint density at radius 3 is 1.72 bits per heavy atom. The summed E-state index contributed by atoms with van der Waals surface area (Å²) in [6.45, 7) is 9.04. The van der Waals surface area contributed by atoms with Crippen LogP contribution in [0.2, 0.25) is 18.1 Å². The van der Waals surface area contributed by atoms with Crippen molar-refractivity contribution in [2.45, 2.75) is 83.6 Å². The van der Waals surface area contributed by atoms with Crippen molar-refractivity contribution in [1.29, 1.82) is 0 Å². The molecular weight excluding hydrogens is 412 g/mol. The lowest BCUT2D eigenvalue weighted by molar-refractivity contribution is -0.131. The van der Waals surface area contributed by atoms with E-state index in [1.165, 1.54) is 0 Å². The van der Waals surface area contributed by atoms with Crippen molar-refractivity contribution in [3.63, 3.8) is 0 Å². The Balaban J connectivity index is 2.19. The number of carbonyl (C=O) groups is 2. The lowest BCUT2D eigenvalue weighted by Gasteiger charge is -2.38. The van der Waals surface area contributed by atoms with Gasteiger partial charge in [-0.3, -0.25) is 9.36 Å². The molecule has 0 bridgehead atoms. The number of imide groups is 1. The zero-order valence-electron chi connectivity index (χ0n) is 20.1. The number of rotatable bonds is 11. The molecule has 0 aromatic heterocycles. The molecule has 2 aromatic carbocycles. The van der Waals surface area contributed by atoms with Crippen LogP contribution in [0.15, 0.2) is 60.7 Å². The number of hydrogen-bond acceptors (Lipinski definition) is 2. The number of benzene rings is 2. The third-order valence-electron chi connectivity index (χ3n) is 7.01. The van der Waals surface area contributed by atoms with Crippen LogP contribution in [0.5, 0.6) is 0 Å². The van der Waals surface area contributed by atoms with Gasteiger partial charge in [0.1, 0.15) is 5.54 Å². The highest BCUT2D eigenvalue weighted by Crippen LogP contribution is 2.46. The van der Waals surface area contributed by atoms with Crippen molar-refractivity contribution in [2.24, 2.45) is 0 Å². The van der Waals surface area contributed by atoms with Gasteiger partial charge >= 0.3 is 6.03 Å². The molecule has 172 valence electrons. The molecule has 0 saturated carbocycles. The maximum absolute atomic E-state index is 14.4. The molecule has 1 fully saturated rings. The van der Waals surface area contributed by atoms with Crippen LogP contribution in [0.3, 0.4) is 0 Å². The van der Waals surface area contributed by atoms with Gasteiger partial charge in [0.2, 0.25) is 0 Å². The summed E-state index contributed by atoms with van der Waals surface area (Å²) in [5, 5.41) is 0. The van der Waals surface area contributed by atoms with E-state index in [1.807, 2.05) is 77.1 Å². The fourth-order valence-corrected chi connectivity index (χ4v) is 11.1. The third-order valence-corrected chi connectivity index (χ3v) is 12.6. The van der Waals surface area contributed by atoms with Crippen molar-refractivity contribution in [1.82, 2.24) is 9.47 Å². The van der Waals surface area contributed by atoms with E-state index in [0.717, 1.165) is 48.5 Å². The molecule has 3 rings (SSSR count). The van der Waals surface area contributed by atoms with Crippen molar-refractivity contribution in [3.05, 3.63) is 71.8 Å². The van der Waals surface area contributed by atoms with Crippen molar-refractivity contribution in [3.8, 4) is 0 Å². The van der Waals surface area contributed by atoms with E-state index in [-0.39, 0.29) is 11.9 Å². The largest absolute Gasteiger partial charge is 0.320 e. The van der Waals surface area contributed by atoms with Crippen molar-refractivity contribution >= 4 is 20.2 Å². The summed E-state index contributed by atoms with van der Waals surface area (Å²) < 4.78 is 1.82. The van der Waals surface area contributed by atoms with E-state index < -0.39 is 13.8 Å². The van der Waals surface area contributed by atoms with Gasteiger partial charge in [-0.2, -0.15) is 0 Å². The Morgan fingerprint density at radius 2 is 1.25 bits per heavy atom. The van der Waals surface area contributed by atoms with Crippen molar-refractivity contribution < 1.29 is 9.59 Å².